The monoisotopic (exact) mass is 426 g/mol. The van der Waals surface area contributed by atoms with E-state index in [1.165, 1.54) is 12.4 Å². The van der Waals surface area contributed by atoms with E-state index in [9.17, 15) is 26.3 Å². The zero-order valence-electron chi connectivity index (χ0n) is 14.2. The number of aryl methyl sites for hydroxylation is 1. The maximum Gasteiger partial charge on any atom is 0.462 e. The van der Waals surface area contributed by atoms with Crippen molar-refractivity contribution in [2.75, 3.05) is 0 Å². The Bertz CT molecular complexity index is 818. The minimum atomic E-state index is -4.68. The first-order chi connectivity index (χ1) is 13.0. The fourth-order valence-corrected chi connectivity index (χ4v) is 2.25. The quantitative estimate of drug-likeness (QED) is 0.414. The first kappa shape index (κ1) is 21.8. The number of nitrogens with zero attached hydrogens (tertiary/aromatic N) is 2. The van der Waals surface area contributed by atoms with Crippen LogP contribution in [0.1, 0.15) is 24.7 Å². The van der Waals surface area contributed by atoms with Gasteiger partial charge in [-0.2, -0.15) is 22.0 Å². The Balaban J connectivity index is 2.18. The molecular weight excluding hydrogens is 414 g/mol. The zero-order valence-corrected chi connectivity index (χ0v) is 15.0. The number of allylic oxidation sites excluding steroid dienone is 1. The molecule has 0 bridgehead atoms. The summed E-state index contributed by atoms with van der Waals surface area (Å²) in [6.45, 7) is 1.90. The molecule has 0 aliphatic heterocycles. The van der Waals surface area contributed by atoms with Crippen LogP contribution in [0.5, 0.6) is 11.5 Å². The number of halogens is 7. The van der Waals surface area contributed by atoms with E-state index in [1.807, 2.05) is 6.92 Å². The van der Waals surface area contributed by atoms with Crippen molar-refractivity contribution in [2.45, 2.75) is 32.1 Å². The molecule has 2 rings (SSSR count). The topological polar surface area (TPSA) is 44.2 Å². The van der Waals surface area contributed by atoms with Crippen molar-refractivity contribution in [3.8, 4) is 11.5 Å². The van der Waals surface area contributed by atoms with E-state index in [0.29, 0.717) is 18.1 Å². The summed E-state index contributed by atoms with van der Waals surface area (Å²) in [5.74, 6) is -3.72. The van der Waals surface area contributed by atoms with E-state index in [0.717, 1.165) is 12.5 Å². The molecule has 11 heteroatoms. The maximum absolute atomic E-state index is 14.2. The zero-order chi connectivity index (χ0) is 20.9. The van der Waals surface area contributed by atoms with Crippen LogP contribution < -0.4 is 9.47 Å². The van der Waals surface area contributed by atoms with Crippen LogP contribution in [0.15, 0.2) is 36.9 Å². The lowest BCUT2D eigenvalue weighted by Crippen LogP contribution is -2.25. The standard InChI is InChI=1S/C17H13ClF6N2O2/c1-2-3-10-8-25-15(26-9-10)17(23,24)28-11-6-12(18)14(13(19)7-11)27-5-4-16(20,21)22/h4-9H,2-3H2,1H3/b5-4+. The van der Waals surface area contributed by atoms with Gasteiger partial charge in [-0.05, 0) is 12.0 Å². The van der Waals surface area contributed by atoms with E-state index in [4.69, 9.17) is 11.6 Å². The number of benzene rings is 1. The molecular formula is C17H13ClF6N2O2. The summed E-state index contributed by atoms with van der Waals surface area (Å²) in [5.41, 5.74) is 0.657. The third-order valence-corrected chi connectivity index (χ3v) is 3.45. The summed E-state index contributed by atoms with van der Waals surface area (Å²) in [6, 6.07) is 1.25. The van der Waals surface area contributed by atoms with Gasteiger partial charge in [0.1, 0.15) is 5.75 Å². The van der Waals surface area contributed by atoms with Gasteiger partial charge in [0, 0.05) is 24.5 Å². The molecule has 0 radical (unpaired) electrons. The molecule has 0 fully saturated rings. The number of alkyl halides is 5. The molecule has 0 aliphatic rings. The van der Waals surface area contributed by atoms with Gasteiger partial charge < -0.3 is 9.47 Å². The second kappa shape index (κ2) is 8.68. The third-order valence-electron chi connectivity index (χ3n) is 3.17. The molecule has 0 atom stereocenters. The summed E-state index contributed by atoms with van der Waals surface area (Å²) >= 11 is 5.68. The van der Waals surface area contributed by atoms with Crippen LogP contribution in [0.25, 0.3) is 0 Å². The van der Waals surface area contributed by atoms with Gasteiger partial charge in [0.05, 0.1) is 17.4 Å². The molecule has 28 heavy (non-hydrogen) atoms. The van der Waals surface area contributed by atoms with Gasteiger partial charge >= 0.3 is 12.3 Å². The molecule has 0 saturated carbocycles. The summed E-state index contributed by atoms with van der Waals surface area (Å²) < 4.78 is 87.3. The second-order valence-corrected chi connectivity index (χ2v) is 5.87. The fraction of sp³-hybridized carbons (Fsp3) is 0.294. The van der Waals surface area contributed by atoms with Gasteiger partial charge in [-0.15, -0.1) is 0 Å². The first-order valence-electron chi connectivity index (χ1n) is 7.80. The molecule has 0 amide bonds. The Morgan fingerprint density at radius 2 is 1.75 bits per heavy atom. The Morgan fingerprint density at radius 1 is 1.11 bits per heavy atom. The van der Waals surface area contributed by atoms with Crippen molar-refractivity contribution in [2.24, 2.45) is 0 Å². The average Bonchev–Trinajstić information content (AvgIpc) is 2.57. The number of rotatable bonds is 7. The van der Waals surface area contributed by atoms with E-state index in [1.54, 1.807) is 0 Å². The highest BCUT2D eigenvalue weighted by atomic mass is 35.5. The molecule has 2 aromatic rings. The predicted octanol–water partition coefficient (Wildman–Crippen LogP) is 5.80. The van der Waals surface area contributed by atoms with Gasteiger partial charge in [0.25, 0.3) is 0 Å². The second-order valence-electron chi connectivity index (χ2n) is 5.46. The minimum absolute atomic E-state index is 0.172. The molecule has 1 heterocycles. The lowest BCUT2D eigenvalue weighted by Gasteiger charge is -2.17. The summed E-state index contributed by atoms with van der Waals surface area (Å²) in [6.07, 6.45) is -4.97. The Hall–Kier alpha value is -2.49. The van der Waals surface area contributed by atoms with Crippen LogP contribution in [0.3, 0.4) is 0 Å². The molecule has 0 spiro atoms. The van der Waals surface area contributed by atoms with Crippen molar-refractivity contribution in [1.82, 2.24) is 9.97 Å². The van der Waals surface area contributed by atoms with Crippen molar-refractivity contribution < 1.29 is 35.8 Å². The first-order valence-corrected chi connectivity index (χ1v) is 8.18. The summed E-state index contributed by atoms with van der Waals surface area (Å²) in [7, 11) is 0. The largest absolute Gasteiger partial charge is 0.462 e. The molecule has 0 aliphatic carbocycles. The highest BCUT2D eigenvalue weighted by Crippen LogP contribution is 2.36. The Labute approximate surface area is 160 Å². The van der Waals surface area contributed by atoms with Crippen molar-refractivity contribution >= 4 is 11.6 Å². The third kappa shape index (κ3) is 6.01. The molecule has 1 aromatic carbocycles. The number of hydrogen-bond acceptors (Lipinski definition) is 4. The van der Waals surface area contributed by atoms with Crippen molar-refractivity contribution in [3.63, 3.8) is 0 Å². The summed E-state index contributed by atoms with van der Waals surface area (Å²) in [4.78, 5) is 7.08. The fourth-order valence-electron chi connectivity index (χ4n) is 2.00. The van der Waals surface area contributed by atoms with Gasteiger partial charge in [0.2, 0.25) is 5.82 Å². The molecule has 0 saturated heterocycles. The van der Waals surface area contributed by atoms with Crippen molar-refractivity contribution in [3.05, 3.63) is 59.1 Å². The highest BCUT2D eigenvalue weighted by Gasteiger charge is 2.38. The maximum atomic E-state index is 14.2. The number of hydrogen-bond donors (Lipinski definition) is 0. The van der Waals surface area contributed by atoms with Gasteiger partial charge in [-0.25, -0.2) is 14.4 Å². The lowest BCUT2D eigenvalue weighted by molar-refractivity contribution is -0.192. The lowest BCUT2D eigenvalue weighted by atomic mass is 10.2. The van der Waals surface area contributed by atoms with E-state index in [-0.39, 0.29) is 12.3 Å². The Morgan fingerprint density at radius 3 is 2.29 bits per heavy atom. The molecule has 152 valence electrons. The molecule has 4 nitrogen and oxygen atoms in total. The summed E-state index contributed by atoms with van der Waals surface area (Å²) in [5, 5.41) is -0.572. The van der Waals surface area contributed by atoms with E-state index < -0.39 is 40.4 Å². The number of aromatic nitrogens is 2. The van der Waals surface area contributed by atoms with Crippen LogP contribution in [0.4, 0.5) is 26.3 Å². The number of ether oxygens (including phenoxy) is 2. The van der Waals surface area contributed by atoms with E-state index in [2.05, 4.69) is 19.4 Å². The van der Waals surface area contributed by atoms with Crippen LogP contribution in [0.2, 0.25) is 5.02 Å². The van der Waals surface area contributed by atoms with Crippen LogP contribution in [-0.4, -0.2) is 16.1 Å². The predicted molar refractivity (Wildman–Crippen MR) is 87.8 cm³/mol. The minimum Gasteiger partial charge on any atom is -0.460 e. The van der Waals surface area contributed by atoms with Gasteiger partial charge in [-0.3, -0.25) is 0 Å². The smallest absolute Gasteiger partial charge is 0.460 e. The van der Waals surface area contributed by atoms with Crippen LogP contribution >= 0.6 is 11.6 Å². The van der Waals surface area contributed by atoms with Gasteiger partial charge in [-0.1, -0.05) is 24.9 Å². The van der Waals surface area contributed by atoms with E-state index >= 15 is 0 Å². The average molecular weight is 427 g/mol. The van der Waals surface area contributed by atoms with Gasteiger partial charge in [0.15, 0.2) is 11.6 Å². The highest BCUT2D eigenvalue weighted by molar-refractivity contribution is 6.32. The molecule has 0 N–H and O–H groups in total. The van der Waals surface area contributed by atoms with Crippen LogP contribution in [0, 0.1) is 5.82 Å². The molecule has 0 unspecified atom stereocenters. The van der Waals surface area contributed by atoms with Crippen molar-refractivity contribution in [1.29, 1.82) is 0 Å². The normalized spacial score (nSPS) is 12.4. The molecule has 1 aromatic heterocycles. The SMILES string of the molecule is CCCc1cnc(C(F)(F)Oc2cc(F)c(O/C=C/C(F)(F)F)c(Cl)c2)nc1. The van der Waals surface area contributed by atoms with Crippen LogP contribution in [-0.2, 0) is 12.5 Å². The Kier molecular flexibility index (Phi) is 6.76.